The second-order valence-corrected chi connectivity index (χ2v) is 17.2. The Morgan fingerprint density at radius 1 is 1.09 bits per heavy atom. The van der Waals surface area contributed by atoms with Crippen molar-refractivity contribution in [2.24, 2.45) is 40.4 Å². The minimum atomic E-state index is -3.69. The normalized spacial score (nSPS) is 33.7. The summed E-state index contributed by atoms with van der Waals surface area (Å²) >= 11 is 0. The molecule has 3 saturated carbocycles. The van der Waals surface area contributed by atoms with Crippen LogP contribution in [0.4, 0.5) is 5.69 Å². The van der Waals surface area contributed by atoms with E-state index < -0.39 is 10.0 Å². The molecule has 1 aromatic carbocycles. The monoisotopic (exact) mass is 641 g/mol. The maximum absolute atomic E-state index is 12.8. The molecule has 1 aromatic heterocycles. The molecule has 1 amide bonds. The molecule has 45 heavy (non-hydrogen) atoms. The van der Waals surface area contributed by atoms with Crippen molar-refractivity contribution >= 4 is 32.7 Å². The fourth-order valence-corrected chi connectivity index (χ4v) is 11.1. The van der Waals surface area contributed by atoms with E-state index in [1.54, 1.807) is 6.07 Å². The number of benzene rings is 1. The molecular weight excluding hydrogens is 590 g/mol. The van der Waals surface area contributed by atoms with Crippen LogP contribution in [-0.2, 0) is 14.8 Å². The molecule has 248 valence electrons. The van der Waals surface area contributed by atoms with E-state index >= 15 is 0 Å². The summed E-state index contributed by atoms with van der Waals surface area (Å²) in [5.41, 5.74) is 3.27. The number of carbonyl (C=O) groups is 1. The van der Waals surface area contributed by atoms with E-state index in [1.807, 2.05) is 0 Å². The molecule has 3 N–H and O–H groups in total. The maximum atomic E-state index is 12.8. The number of carbonyl (C=O) groups excluding carboxylic acids is 1. The highest BCUT2D eigenvalue weighted by atomic mass is 32.2. The molecule has 0 bridgehead atoms. The zero-order valence-electron chi connectivity index (χ0n) is 27.5. The average molecular weight is 642 g/mol. The lowest BCUT2D eigenvalue weighted by molar-refractivity contribution is -0.121. The lowest BCUT2D eigenvalue weighted by Gasteiger charge is -2.58. The van der Waals surface area contributed by atoms with Gasteiger partial charge in [0.25, 0.3) is 0 Å². The van der Waals surface area contributed by atoms with Crippen molar-refractivity contribution in [3.63, 3.8) is 0 Å². The van der Waals surface area contributed by atoms with E-state index in [0.717, 1.165) is 47.7 Å². The molecule has 4 aliphatic carbocycles. The quantitative estimate of drug-likeness (QED) is 0.233. The minimum absolute atomic E-state index is 0.0381. The van der Waals surface area contributed by atoms with Gasteiger partial charge in [-0.3, -0.25) is 4.79 Å². The lowest BCUT2D eigenvalue weighted by atomic mass is 9.47. The molecule has 4 aliphatic rings. The van der Waals surface area contributed by atoms with Gasteiger partial charge in [0.1, 0.15) is 4.90 Å². The third kappa shape index (κ3) is 5.71. The summed E-state index contributed by atoms with van der Waals surface area (Å²) in [6.45, 7) is 8.31. The fourth-order valence-electron chi connectivity index (χ4n) is 10.1. The number of allylic oxidation sites excluding steroid dienone is 1. The number of hydrogen-bond acceptors (Lipinski definition) is 8. The number of nitrogens with zero attached hydrogens (tertiary/aromatic N) is 3. The first-order chi connectivity index (χ1) is 21.4. The summed E-state index contributed by atoms with van der Waals surface area (Å²) in [5.74, 6) is 3.47. The zero-order valence-corrected chi connectivity index (χ0v) is 28.3. The van der Waals surface area contributed by atoms with Crippen molar-refractivity contribution in [1.82, 2.24) is 19.9 Å². The smallest absolute Gasteiger partial charge is 0.244 e. The number of nitrogens with one attached hydrogen (secondary N) is 2. The summed E-state index contributed by atoms with van der Waals surface area (Å²) in [7, 11) is -0.764. The highest BCUT2D eigenvalue weighted by molar-refractivity contribution is 7.89. The second kappa shape index (κ2) is 12.3. The Balaban J connectivity index is 0.991. The third-order valence-electron chi connectivity index (χ3n) is 12.6. The Kier molecular flexibility index (Phi) is 8.84. The predicted octanol–water partition coefficient (Wildman–Crippen LogP) is 5.36. The molecule has 0 saturated heterocycles. The Morgan fingerprint density at radius 2 is 1.87 bits per heavy atom. The highest BCUT2D eigenvalue weighted by Crippen LogP contribution is 2.67. The van der Waals surface area contributed by atoms with Crippen LogP contribution in [-0.4, -0.2) is 67.3 Å². The molecule has 11 heteroatoms. The van der Waals surface area contributed by atoms with Crippen molar-refractivity contribution in [2.75, 3.05) is 32.5 Å². The van der Waals surface area contributed by atoms with Crippen molar-refractivity contribution in [2.45, 2.75) is 96.0 Å². The van der Waals surface area contributed by atoms with Crippen LogP contribution >= 0.6 is 0 Å². The van der Waals surface area contributed by atoms with E-state index in [2.05, 4.69) is 47.8 Å². The minimum Gasteiger partial charge on any atom is -0.393 e. The summed E-state index contributed by atoms with van der Waals surface area (Å²) < 4.78 is 31.2. The van der Waals surface area contributed by atoms with Crippen LogP contribution in [0.15, 0.2) is 33.3 Å². The Bertz CT molecular complexity index is 1550. The summed E-state index contributed by atoms with van der Waals surface area (Å²) in [6.07, 6.45) is 13.1. The number of anilines is 1. The van der Waals surface area contributed by atoms with Gasteiger partial charge in [-0.05, 0) is 121 Å². The van der Waals surface area contributed by atoms with Crippen LogP contribution in [0.2, 0.25) is 0 Å². The molecular formula is C34H51N5O5S. The first kappa shape index (κ1) is 32.4. The molecule has 2 aromatic rings. The number of fused-ring (bicyclic) bond motifs is 6. The predicted molar refractivity (Wildman–Crippen MR) is 174 cm³/mol. The van der Waals surface area contributed by atoms with Crippen molar-refractivity contribution in [3.05, 3.63) is 23.8 Å². The second-order valence-electron chi connectivity index (χ2n) is 15.0. The van der Waals surface area contributed by atoms with Crippen molar-refractivity contribution in [3.8, 4) is 0 Å². The Labute approximate surface area is 267 Å². The highest BCUT2D eigenvalue weighted by Gasteiger charge is 2.59. The number of aromatic nitrogens is 2. The number of amides is 1. The number of aliphatic hydroxyl groups is 1. The first-order valence-electron chi connectivity index (χ1n) is 16.9. The lowest BCUT2D eigenvalue weighted by Crippen LogP contribution is -2.50. The van der Waals surface area contributed by atoms with Gasteiger partial charge in [-0.1, -0.05) is 32.4 Å². The zero-order chi connectivity index (χ0) is 32.1. The average Bonchev–Trinajstić information content (AvgIpc) is 3.63. The van der Waals surface area contributed by atoms with E-state index in [9.17, 15) is 18.3 Å². The van der Waals surface area contributed by atoms with Crippen LogP contribution in [0.25, 0.3) is 11.0 Å². The number of hydrogen-bond donors (Lipinski definition) is 3. The molecule has 8 atom stereocenters. The maximum Gasteiger partial charge on any atom is 0.244 e. The standard InChI is InChI=1S/C34H51N5O5S/c1-21(25-9-10-26-24-8-7-22-20-23(40)14-16-33(22,2)27(24)15-17-34(25,26)3)6-13-30(41)36-19-18-35-28-11-12-29(45(42,43)39(4)5)32-31(28)37-44-38-32/h7,11-12,21,23-27,35,40H,6,8-10,13-20H2,1-5H3,(H,36,41)/t21-,23?,24+,25-,26+,27+,33+,34-/m1/s1. The van der Waals surface area contributed by atoms with Crippen LogP contribution in [0.3, 0.4) is 0 Å². The van der Waals surface area contributed by atoms with Gasteiger partial charge in [0.15, 0.2) is 11.0 Å². The topological polar surface area (TPSA) is 138 Å². The molecule has 1 heterocycles. The van der Waals surface area contributed by atoms with Crippen LogP contribution in [0.5, 0.6) is 0 Å². The fraction of sp³-hybridized carbons (Fsp3) is 0.735. The Hall–Kier alpha value is -2.50. The van der Waals surface area contributed by atoms with Crippen molar-refractivity contribution in [1.29, 1.82) is 0 Å². The van der Waals surface area contributed by atoms with Gasteiger partial charge < -0.3 is 15.7 Å². The third-order valence-corrected chi connectivity index (χ3v) is 14.4. The number of sulfonamides is 1. The van der Waals surface area contributed by atoms with Gasteiger partial charge in [-0.2, -0.15) is 0 Å². The molecule has 0 spiro atoms. The molecule has 6 rings (SSSR count). The molecule has 10 nitrogen and oxygen atoms in total. The largest absolute Gasteiger partial charge is 0.393 e. The summed E-state index contributed by atoms with van der Waals surface area (Å²) in [4.78, 5) is 12.9. The van der Waals surface area contributed by atoms with Gasteiger partial charge >= 0.3 is 0 Å². The first-order valence-corrected chi connectivity index (χ1v) is 18.4. The van der Waals surface area contributed by atoms with Gasteiger partial charge in [0, 0.05) is 33.6 Å². The van der Waals surface area contributed by atoms with E-state index in [1.165, 1.54) is 57.8 Å². The van der Waals surface area contributed by atoms with Gasteiger partial charge in [-0.25, -0.2) is 17.4 Å². The molecule has 1 unspecified atom stereocenters. The Morgan fingerprint density at radius 3 is 2.64 bits per heavy atom. The number of rotatable bonds is 10. The summed E-state index contributed by atoms with van der Waals surface area (Å²) in [6, 6.07) is 3.15. The van der Waals surface area contributed by atoms with Crippen molar-refractivity contribution < 1.29 is 22.9 Å². The molecule has 0 aliphatic heterocycles. The molecule has 3 fully saturated rings. The van der Waals surface area contributed by atoms with E-state index in [-0.39, 0.29) is 27.8 Å². The molecule has 0 radical (unpaired) electrons. The van der Waals surface area contributed by atoms with Gasteiger partial charge in [0.05, 0.1) is 11.8 Å². The van der Waals surface area contributed by atoms with E-state index in [0.29, 0.717) is 48.0 Å². The van der Waals surface area contributed by atoms with Gasteiger partial charge in [-0.15, -0.1) is 0 Å². The van der Waals surface area contributed by atoms with Crippen LogP contribution in [0, 0.1) is 40.4 Å². The number of aliphatic hydroxyl groups excluding tert-OH is 1. The summed E-state index contributed by atoms with van der Waals surface area (Å²) in [5, 5.41) is 24.3. The van der Waals surface area contributed by atoms with Crippen LogP contribution < -0.4 is 10.6 Å². The van der Waals surface area contributed by atoms with E-state index in [4.69, 9.17) is 4.63 Å². The van der Waals surface area contributed by atoms with Gasteiger partial charge in [0.2, 0.25) is 15.9 Å². The van der Waals surface area contributed by atoms with Crippen LogP contribution in [0.1, 0.15) is 85.0 Å². The SMILES string of the molecule is C[C@H](CCC(=O)NCCNc1ccc(S(=O)(=O)N(C)C)c2nonc12)[C@H]1CC[C@H]2[C@@H]3CC=C4CC(O)CC[C@]4(C)[C@H]3CC[C@]12C.